The first kappa shape index (κ1) is 17.4. The molecule has 1 saturated heterocycles. The highest BCUT2D eigenvalue weighted by molar-refractivity contribution is 5.93. The van der Waals surface area contributed by atoms with Crippen molar-refractivity contribution in [1.82, 2.24) is 19.8 Å². The lowest BCUT2D eigenvalue weighted by molar-refractivity contribution is -0.119. The largest absolute Gasteiger partial charge is 0.342 e. The zero-order chi connectivity index (χ0) is 18.5. The van der Waals surface area contributed by atoms with Gasteiger partial charge in [0.05, 0.1) is 11.3 Å². The van der Waals surface area contributed by atoms with Crippen molar-refractivity contribution < 1.29 is 9.59 Å². The zero-order valence-electron chi connectivity index (χ0n) is 14.3. The summed E-state index contributed by atoms with van der Waals surface area (Å²) in [5.41, 5.74) is 1.39. The number of piperazine rings is 1. The van der Waals surface area contributed by atoms with Crippen molar-refractivity contribution >= 4 is 23.8 Å². The molecule has 8 nitrogen and oxygen atoms in total. The van der Waals surface area contributed by atoms with Crippen LogP contribution in [0.3, 0.4) is 0 Å². The van der Waals surface area contributed by atoms with Gasteiger partial charge in [0.25, 0.3) is 5.91 Å². The van der Waals surface area contributed by atoms with E-state index in [9.17, 15) is 14.9 Å². The van der Waals surface area contributed by atoms with Crippen molar-refractivity contribution in [2.24, 2.45) is 0 Å². The molecule has 8 heteroatoms. The number of amides is 2. The number of rotatable bonds is 4. The average molecular weight is 350 g/mol. The smallest absolute Gasteiger partial charge is 0.272 e. The molecule has 1 fully saturated rings. The van der Waals surface area contributed by atoms with E-state index in [1.54, 1.807) is 41.0 Å². The van der Waals surface area contributed by atoms with E-state index < -0.39 is 0 Å². The van der Waals surface area contributed by atoms with Crippen LogP contribution in [0.1, 0.15) is 21.9 Å². The number of aryl methyl sites for hydroxylation is 1. The van der Waals surface area contributed by atoms with Crippen LogP contribution in [0.5, 0.6) is 0 Å². The highest BCUT2D eigenvalue weighted by Crippen LogP contribution is 2.20. The van der Waals surface area contributed by atoms with Crippen molar-refractivity contribution in [3.05, 3.63) is 47.4 Å². The van der Waals surface area contributed by atoms with Crippen molar-refractivity contribution in [1.29, 1.82) is 5.26 Å². The predicted octanol–water partition coefficient (Wildman–Crippen LogP) is 1.31. The summed E-state index contributed by atoms with van der Waals surface area (Å²) in [4.78, 5) is 35.4. The lowest BCUT2D eigenvalue weighted by atomic mass is 10.2. The van der Waals surface area contributed by atoms with Gasteiger partial charge in [0, 0.05) is 32.2 Å². The molecule has 2 heterocycles. The van der Waals surface area contributed by atoms with Crippen LogP contribution >= 0.6 is 0 Å². The van der Waals surface area contributed by atoms with Gasteiger partial charge in [0.1, 0.15) is 23.4 Å². The molecular weight excluding hydrogens is 332 g/mol. The number of anilines is 2. The Balaban J connectivity index is 1.80. The molecule has 1 aliphatic rings. The summed E-state index contributed by atoms with van der Waals surface area (Å²) in [5, 5.41) is 12.3. The minimum Gasteiger partial charge on any atom is -0.342 e. The highest BCUT2D eigenvalue weighted by Gasteiger charge is 2.23. The summed E-state index contributed by atoms with van der Waals surface area (Å²) < 4.78 is 0. The number of carbonyl (C=O) groups excluding carboxylic acids is 2. The maximum atomic E-state index is 12.7. The van der Waals surface area contributed by atoms with Gasteiger partial charge >= 0.3 is 0 Å². The van der Waals surface area contributed by atoms with Gasteiger partial charge < -0.3 is 15.1 Å². The van der Waals surface area contributed by atoms with Gasteiger partial charge in [-0.25, -0.2) is 9.97 Å². The molecule has 132 valence electrons. The van der Waals surface area contributed by atoms with Gasteiger partial charge in [-0.15, -0.1) is 0 Å². The third kappa shape index (κ3) is 3.78. The number of nitrogens with one attached hydrogen (secondary N) is 1. The number of hydrogen-bond donors (Lipinski definition) is 1. The highest BCUT2D eigenvalue weighted by atomic mass is 16.2. The van der Waals surface area contributed by atoms with Crippen molar-refractivity contribution in [2.75, 3.05) is 31.5 Å². The summed E-state index contributed by atoms with van der Waals surface area (Å²) in [5.74, 6) is 0.715. The monoisotopic (exact) mass is 350 g/mol. The number of benzene rings is 1. The molecule has 0 spiro atoms. The van der Waals surface area contributed by atoms with Crippen LogP contribution in [0, 0.1) is 18.3 Å². The number of hydrogen-bond acceptors (Lipinski definition) is 6. The fraction of sp³-hybridized carbons (Fsp3) is 0.278. The molecule has 0 atom stereocenters. The van der Waals surface area contributed by atoms with E-state index in [-0.39, 0.29) is 11.6 Å². The Hall–Kier alpha value is -3.47. The maximum absolute atomic E-state index is 12.7. The summed E-state index contributed by atoms with van der Waals surface area (Å²) in [6.45, 7) is 3.68. The van der Waals surface area contributed by atoms with Gasteiger partial charge in [-0.1, -0.05) is 12.1 Å². The summed E-state index contributed by atoms with van der Waals surface area (Å²) in [6.07, 6.45) is 0.797. The summed E-state index contributed by atoms with van der Waals surface area (Å²) >= 11 is 0. The SMILES string of the molecule is Cc1nc(Nc2ccccc2C#N)cc(C(=O)N2CCN(C=O)CC2)n1. The molecule has 1 N–H and O–H groups in total. The second-order valence-corrected chi connectivity index (χ2v) is 5.90. The Bertz CT molecular complexity index is 868. The standard InChI is InChI=1S/C18H18N6O2/c1-13-20-16(18(26)24-8-6-23(12-25)7-9-24)10-17(21-13)22-15-5-3-2-4-14(15)11-19/h2-5,10,12H,6-9H2,1H3,(H,20,21,22). The molecule has 2 aromatic rings. The van der Waals surface area contributed by atoms with E-state index in [1.807, 2.05) is 6.07 Å². The summed E-state index contributed by atoms with van der Waals surface area (Å²) in [6, 6.07) is 10.8. The lowest BCUT2D eigenvalue weighted by Gasteiger charge is -2.32. The number of carbonyl (C=O) groups is 2. The Morgan fingerprint density at radius 3 is 2.65 bits per heavy atom. The van der Waals surface area contributed by atoms with Crippen LogP contribution in [0.15, 0.2) is 30.3 Å². The fourth-order valence-corrected chi connectivity index (χ4v) is 2.76. The molecule has 0 saturated carbocycles. The van der Waals surface area contributed by atoms with Crippen molar-refractivity contribution in [3.63, 3.8) is 0 Å². The maximum Gasteiger partial charge on any atom is 0.272 e. The van der Waals surface area contributed by atoms with Crippen LogP contribution in [-0.2, 0) is 4.79 Å². The van der Waals surface area contributed by atoms with Crippen molar-refractivity contribution in [2.45, 2.75) is 6.92 Å². The molecule has 3 rings (SSSR count). The first-order chi connectivity index (χ1) is 12.6. The third-order valence-corrected chi connectivity index (χ3v) is 4.12. The van der Waals surface area contributed by atoms with E-state index in [0.717, 1.165) is 6.41 Å². The van der Waals surface area contributed by atoms with E-state index in [0.29, 0.717) is 49.1 Å². The van der Waals surface area contributed by atoms with Crippen LogP contribution in [0.4, 0.5) is 11.5 Å². The van der Waals surface area contributed by atoms with E-state index in [1.165, 1.54) is 0 Å². The number of nitrogens with zero attached hydrogens (tertiary/aromatic N) is 5. The number of nitriles is 1. The van der Waals surface area contributed by atoms with Gasteiger partial charge in [-0.3, -0.25) is 9.59 Å². The Morgan fingerprint density at radius 2 is 1.96 bits per heavy atom. The third-order valence-electron chi connectivity index (χ3n) is 4.12. The molecule has 0 radical (unpaired) electrons. The predicted molar refractivity (Wildman–Crippen MR) is 94.7 cm³/mol. The quantitative estimate of drug-likeness (QED) is 0.834. The Labute approximate surface area is 151 Å². The number of aromatic nitrogens is 2. The molecule has 0 unspecified atom stereocenters. The van der Waals surface area contributed by atoms with Crippen molar-refractivity contribution in [3.8, 4) is 6.07 Å². The Morgan fingerprint density at radius 1 is 1.23 bits per heavy atom. The van der Waals surface area contributed by atoms with Crippen LogP contribution in [0.25, 0.3) is 0 Å². The zero-order valence-corrected chi connectivity index (χ0v) is 14.3. The first-order valence-corrected chi connectivity index (χ1v) is 8.21. The molecule has 1 aliphatic heterocycles. The van der Waals surface area contributed by atoms with Gasteiger partial charge in [0.2, 0.25) is 6.41 Å². The van der Waals surface area contributed by atoms with E-state index in [2.05, 4.69) is 21.4 Å². The molecule has 1 aromatic heterocycles. The Kier molecular flexibility index (Phi) is 5.08. The summed E-state index contributed by atoms with van der Waals surface area (Å²) in [7, 11) is 0. The van der Waals surface area contributed by atoms with Gasteiger partial charge in [-0.2, -0.15) is 5.26 Å². The second kappa shape index (κ2) is 7.61. The van der Waals surface area contributed by atoms with Crippen LogP contribution in [-0.4, -0.2) is 58.3 Å². The second-order valence-electron chi connectivity index (χ2n) is 5.90. The molecular formula is C18H18N6O2. The average Bonchev–Trinajstić information content (AvgIpc) is 2.67. The topological polar surface area (TPSA) is 102 Å². The molecule has 1 aromatic carbocycles. The van der Waals surface area contributed by atoms with E-state index >= 15 is 0 Å². The number of para-hydroxylation sites is 1. The van der Waals surface area contributed by atoms with E-state index in [4.69, 9.17) is 0 Å². The fourth-order valence-electron chi connectivity index (χ4n) is 2.76. The molecule has 2 amide bonds. The van der Waals surface area contributed by atoms with Crippen LogP contribution < -0.4 is 5.32 Å². The minimum atomic E-state index is -0.197. The van der Waals surface area contributed by atoms with Crippen LogP contribution in [0.2, 0.25) is 0 Å². The normalized spacial score (nSPS) is 13.8. The lowest BCUT2D eigenvalue weighted by Crippen LogP contribution is -2.48. The molecule has 0 bridgehead atoms. The van der Waals surface area contributed by atoms with Gasteiger partial charge in [0.15, 0.2) is 0 Å². The minimum absolute atomic E-state index is 0.197. The first-order valence-electron chi connectivity index (χ1n) is 8.21. The molecule has 26 heavy (non-hydrogen) atoms. The molecule has 0 aliphatic carbocycles. The van der Waals surface area contributed by atoms with Gasteiger partial charge in [-0.05, 0) is 19.1 Å².